The predicted octanol–water partition coefficient (Wildman–Crippen LogP) is 4.29. The average molecular weight is 411 g/mol. The normalized spacial score (nSPS) is 15.2. The van der Waals surface area contributed by atoms with Gasteiger partial charge in [0.1, 0.15) is 11.5 Å². The largest absolute Gasteiger partial charge is 0.496 e. The molecule has 1 aliphatic heterocycles. The second kappa shape index (κ2) is 10.5. The number of amides is 1. The number of ether oxygens (including phenoxy) is 2. The molecule has 162 valence electrons. The van der Waals surface area contributed by atoms with Gasteiger partial charge in [-0.3, -0.25) is 9.69 Å². The summed E-state index contributed by atoms with van der Waals surface area (Å²) in [6, 6.07) is 14.5. The van der Waals surface area contributed by atoms with Gasteiger partial charge < -0.3 is 14.8 Å². The molecular weight excluding hydrogens is 376 g/mol. The first kappa shape index (κ1) is 22.2. The van der Waals surface area contributed by atoms with Crippen molar-refractivity contribution < 1.29 is 14.3 Å². The monoisotopic (exact) mass is 410 g/mol. The molecule has 5 heteroatoms. The minimum Gasteiger partial charge on any atom is -0.496 e. The molecule has 0 bridgehead atoms. The van der Waals surface area contributed by atoms with Gasteiger partial charge >= 0.3 is 0 Å². The zero-order valence-corrected chi connectivity index (χ0v) is 18.6. The third-order valence-corrected chi connectivity index (χ3v) is 5.69. The number of rotatable bonds is 8. The van der Waals surface area contributed by atoms with E-state index >= 15 is 0 Å². The molecule has 1 heterocycles. The number of hydrogen-bond donors (Lipinski definition) is 1. The lowest BCUT2D eigenvalue weighted by molar-refractivity contribution is -0.124. The van der Waals surface area contributed by atoms with E-state index in [0.29, 0.717) is 5.92 Å². The van der Waals surface area contributed by atoms with E-state index in [0.717, 1.165) is 55.1 Å². The lowest BCUT2D eigenvalue weighted by atomic mass is 10.0. The van der Waals surface area contributed by atoms with Gasteiger partial charge in [0.15, 0.2) is 6.61 Å². The van der Waals surface area contributed by atoms with Crippen LogP contribution in [0.4, 0.5) is 0 Å². The summed E-state index contributed by atoms with van der Waals surface area (Å²) in [5.74, 6) is 2.05. The summed E-state index contributed by atoms with van der Waals surface area (Å²) in [4.78, 5) is 14.9. The molecule has 2 aromatic carbocycles. The first-order chi connectivity index (χ1) is 14.5. The lowest BCUT2D eigenvalue weighted by Crippen LogP contribution is -2.45. The smallest absolute Gasteiger partial charge is 0.258 e. The van der Waals surface area contributed by atoms with Crippen molar-refractivity contribution in [2.24, 2.45) is 0 Å². The average Bonchev–Trinajstić information content (AvgIpc) is 2.74. The Bertz CT molecular complexity index is 842. The molecule has 0 radical (unpaired) electrons. The summed E-state index contributed by atoms with van der Waals surface area (Å²) >= 11 is 0. The van der Waals surface area contributed by atoms with Crippen LogP contribution < -0.4 is 14.8 Å². The fraction of sp³-hybridized carbons (Fsp3) is 0.480. The third-order valence-electron chi connectivity index (χ3n) is 5.69. The Hall–Kier alpha value is -2.53. The molecule has 1 amide bonds. The Labute approximate surface area is 180 Å². The fourth-order valence-electron chi connectivity index (χ4n) is 3.97. The Morgan fingerprint density at radius 1 is 1.13 bits per heavy atom. The minimum absolute atomic E-state index is 0.0469. The maximum atomic E-state index is 12.4. The summed E-state index contributed by atoms with van der Waals surface area (Å²) in [5, 5.41) is 3.14. The van der Waals surface area contributed by atoms with Crippen LogP contribution in [0.1, 0.15) is 49.3 Å². The van der Waals surface area contributed by atoms with E-state index in [1.807, 2.05) is 31.2 Å². The highest BCUT2D eigenvalue weighted by Crippen LogP contribution is 2.27. The number of para-hydroxylation sites is 1. The number of benzene rings is 2. The third kappa shape index (κ3) is 5.99. The second-order valence-electron chi connectivity index (χ2n) is 8.41. The Morgan fingerprint density at radius 2 is 1.87 bits per heavy atom. The standard InChI is InChI=1S/C25H34N2O3/c1-18(2)22-10-9-19(3)15-24(22)30-17-25(28)26-21-11-13-27(14-12-21)16-20-7-5-6-8-23(20)29-4/h5-10,15,18,21H,11-14,16-17H2,1-4H3,(H,26,28). The molecule has 1 saturated heterocycles. The van der Waals surface area contributed by atoms with Gasteiger partial charge in [0.05, 0.1) is 7.11 Å². The minimum atomic E-state index is -0.0469. The van der Waals surface area contributed by atoms with E-state index in [1.165, 1.54) is 5.56 Å². The first-order valence-corrected chi connectivity index (χ1v) is 10.8. The van der Waals surface area contributed by atoms with Crippen LogP contribution in [0.2, 0.25) is 0 Å². The van der Waals surface area contributed by atoms with Crippen LogP contribution >= 0.6 is 0 Å². The zero-order chi connectivity index (χ0) is 21.5. The number of nitrogens with one attached hydrogen (secondary N) is 1. The predicted molar refractivity (Wildman–Crippen MR) is 120 cm³/mol. The van der Waals surface area contributed by atoms with Crippen LogP contribution in [0.3, 0.4) is 0 Å². The van der Waals surface area contributed by atoms with Crippen LogP contribution in [-0.2, 0) is 11.3 Å². The molecule has 5 nitrogen and oxygen atoms in total. The second-order valence-corrected chi connectivity index (χ2v) is 8.41. The molecule has 2 aromatic rings. The number of aryl methyl sites for hydroxylation is 1. The maximum Gasteiger partial charge on any atom is 0.258 e. The summed E-state index contributed by atoms with van der Waals surface area (Å²) in [7, 11) is 1.71. The molecule has 1 aliphatic rings. The van der Waals surface area contributed by atoms with Gasteiger partial charge in [-0.1, -0.05) is 44.2 Å². The summed E-state index contributed by atoms with van der Waals surface area (Å²) < 4.78 is 11.3. The number of piperidine rings is 1. The Kier molecular flexibility index (Phi) is 7.75. The molecule has 0 spiro atoms. The number of hydrogen-bond acceptors (Lipinski definition) is 4. The van der Waals surface area contributed by atoms with Crippen molar-refractivity contribution in [2.75, 3.05) is 26.8 Å². The van der Waals surface area contributed by atoms with Gasteiger partial charge in [0.25, 0.3) is 5.91 Å². The maximum absolute atomic E-state index is 12.4. The van der Waals surface area contributed by atoms with E-state index in [1.54, 1.807) is 7.11 Å². The van der Waals surface area contributed by atoms with E-state index in [4.69, 9.17) is 9.47 Å². The molecule has 30 heavy (non-hydrogen) atoms. The van der Waals surface area contributed by atoms with Gasteiger partial charge in [-0.15, -0.1) is 0 Å². The molecule has 3 rings (SSSR count). The number of nitrogens with zero attached hydrogens (tertiary/aromatic N) is 1. The SMILES string of the molecule is COc1ccccc1CN1CCC(NC(=O)COc2cc(C)ccc2C(C)C)CC1. The molecular formula is C25H34N2O3. The van der Waals surface area contributed by atoms with E-state index < -0.39 is 0 Å². The topological polar surface area (TPSA) is 50.8 Å². The number of likely N-dealkylation sites (tertiary alicyclic amines) is 1. The molecule has 0 unspecified atom stereocenters. The Balaban J connectivity index is 1.45. The Morgan fingerprint density at radius 3 is 2.57 bits per heavy atom. The first-order valence-electron chi connectivity index (χ1n) is 10.8. The molecule has 0 atom stereocenters. The van der Waals surface area contributed by atoms with Crippen molar-refractivity contribution in [3.05, 3.63) is 59.2 Å². The highest BCUT2D eigenvalue weighted by molar-refractivity contribution is 5.77. The molecule has 1 N–H and O–H groups in total. The molecule has 0 saturated carbocycles. The number of carbonyl (C=O) groups is 1. The van der Waals surface area contributed by atoms with Gasteiger partial charge in [-0.25, -0.2) is 0 Å². The summed E-state index contributed by atoms with van der Waals surface area (Å²) in [6.45, 7) is 9.16. The van der Waals surface area contributed by atoms with Crippen molar-refractivity contribution in [2.45, 2.75) is 52.1 Å². The zero-order valence-electron chi connectivity index (χ0n) is 18.6. The van der Waals surface area contributed by atoms with Crippen LogP contribution in [0, 0.1) is 6.92 Å². The van der Waals surface area contributed by atoms with Crippen LogP contribution in [0.25, 0.3) is 0 Å². The van der Waals surface area contributed by atoms with E-state index in [-0.39, 0.29) is 18.6 Å². The fourth-order valence-corrected chi connectivity index (χ4v) is 3.97. The van der Waals surface area contributed by atoms with Crippen LogP contribution in [-0.4, -0.2) is 43.7 Å². The van der Waals surface area contributed by atoms with E-state index in [2.05, 4.69) is 42.3 Å². The summed E-state index contributed by atoms with van der Waals surface area (Å²) in [5.41, 5.74) is 3.48. The van der Waals surface area contributed by atoms with Gasteiger partial charge in [-0.05, 0) is 48.9 Å². The molecule has 0 aliphatic carbocycles. The van der Waals surface area contributed by atoms with Crippen molar-refractivity contribution in [1.29, 1.82) is 0 Å². The van der Waals surface area contributed by atoms with Crippen molar-refractivity contribution >= 4 is 5.91 Å². The number of carbonyl (C=O) groups excluding carboxylic acids is 1. The highest BCUT2D eigenvalue weighted by Gasteiger charge is 2.22. The molecule has 0 aromatic heterocycles. The molecule has 1 fully saturated rings. The van der Waals surface area contributed by atoms with Crippen molar-refractivity contribution in [3.8, 4) is 11.5 Å². The van der Waals surface area contributed by atoms with Crippen molar-refractivity contribution in [1.82, 2.24) is 10.2 Å². The highest BCUT2D eigenvalue weighted by atomic mass is 16.5. The summed E-state index contributed by atoms with van der Waals surface area (Å²) in [6.07, 6.45) is 1.89. The van der Waals surface area contributed by atoms with Gasteiger partial charge in [-0.2, -0.15) is 0 Å². The van der Waals surface area contributed by atoms with Gasteiger partial charge in [0, 0.05) is 31.2 Å². The van der Waals surface area contributed by atoms with Crippen molar-refractivity contribution in [3.63, 3.8) is 0 Å². The van der Waals surface area contributed by atoms with Crippen LogP contribution in [0.15, 0.2) is 42.5 Å². The van der Waals surface area contributed by atoms with Crippen LogP contribution in [0.5, 0.6) is 11.5 Å². The van der Waals surface area contributed by atoms with E-state index in [9.17, 15) is 4.79 Å². The quantitative estimate of drug-likeness (QED) is 0.705. The lowest BCUT2D eigenvalue weighted by Gasteiger charge is -2.32. The number of methoxy groups -OCH3 is 1. The van der Waals surface area contributed by atoms with Gasteiger partial charge in [0.2, 0.25) is 0 Å².